The Balaban J connectivity index is 2.10. The molecule has 0 aliphatic rings. The highest BCUT2D eigenvalue weighted by atomic mass is 79.9. The van der Waals surface area contributed by atoms with Crippen LogP contribution in [0.2, 0.25) is 0 Å². The van der Waals surface area contributed by atoms with Gasteiger partial charge in [0.05, 0.1) is 16.1 Å². The summed E-state index contributed by atoms with van der Waals surface area (Å²) in [6, 6.07) is 16.6. The molecule has 0 bridgehead atoms. The van der Waals surface area contributed by atoms with Gasteiger partial charge in [0.1, 0.15) is 0 Å². The number of carbonyl (C=O) groups is 1. The zero-order chi connectivity index (χ0) is 21.2. The zero-order valence-corrected chi connectivity index (χ0v) is 17.4. The lowest BCUT2D eigenvalue weighted by Gasteiger charge is -2.11. The third-order valence-electron chi connectivity index (χ3n) is 4.13. The number of rotatable bonds is 3. The van der Waals surface area contributed by atoms with Gasteiger partial charge in [0.25, 0.3) is 5.91 Å². The minimum Gasteiger partial charge on any atom is -0.398 e. The van der Waals surface area contributed by atoms with Gasteiger partial charge in [-0.2, -0.15) is 0 Å². The first-order chi connectivity index (χ1) is 13.6. The molecule has 0 aliphatic heterocycles. The minimum atomic E-state index is -3.82. The van der Waals surface area contributed by atoms with Gasteiger partial charge in [0, 0.05) is 21.2 Å². The average molecular weight is 470 g/mol. The fraction of sp³-hybridized carbons (Fsp3) is 0. The summed E-state index contributed by atoms with van der Waals surface area (Å²) in [5.74, 6) is 5.34. The molecule has 6 nitrogen and oxygen atoms in total. The van der Waals surface area contributed by atoms with Crippen molar-refractivity contribution in [2.75, 3.05) is 5.73 Å². The SMILES string of the molecule is NC(=O)c1cc(C#Cc2ccc(Br)cc2)cc(-c2ccc(S(N)(=O)=O)cc2)c1N. The van der Waals surface area contributed by atoms with Crippen LogP contribution in [-0.2, 0) is 10.0 Å². The fourth-order valence-corrected chi connectivity index (χ4v) is 3.45. The van der Waals surface area contributed by atoms with Crippen molar-refractivity contribution in [3.05, 3.63) is 81.8 Å². The molecule has 0 unspecified atom stereocenters. The molecule has 0 spiro atoms. The molecule has 0 radical (unpaired) electrons. The number of primary amides is 1. The average Bonchev–Trinajstić information content (AvgIpc) is 2.67. The summed E-state index contributed by atoms with van der Waals surface area (Å²) in [5.41, 5.74) is 14.4. The lowest BCUT2D eigenvalue weighted by Crippen LogP contribution is -2.14. The summed E-state index contributed by atoms with van der Waals surface area (Å²) in [4.78, 5) is 11.8. The molecule has 6 N–H and O–H groups in total. The number of hydrogen-bond acceptors (Lipinski definition) is 4. The molecule has 0 atom stereocenters. The van der Waals surface area contributed by atoms with E-state index in [9.17, 15) is 13.2 Å². The second-order valence-electron chi connectivity index (χ2n) is 6.18. The van der Waals surface area contributed by atoms with Crippen molar-refractivity contribution >= 4 is 37.5 Å². The Hall–Kier alpha value is -3.12. The maximum Gasteiger partial charge on any atom is 0.250 e. The van der Waals surface area contributed by atoms with Crippen LogP contribution in [0.25, 0.3) is 11.1 Å². The highest BCUT2D eigenvalue weighted by Crippen LogP contribution is 2.31. The van der Waals surface area contributed by atoms with Gasteiger partial charge >= 0.3 is 0 Å². The Kier molecular flexibility index (Phi) is 5.75. The Morgan fingerprint density at radius 3 is 2.03 bits per heavy atom. The van der Waals surface area contributed by atoms with E-state index in [4.69, 9.17) is 16.6 Å². The van der Waals surface area contributed by atoms with E-state index in [1.807, 2.05) is 24.3 Å². The number of carbonyl (C=O) groups excluding carboxylic acids is 1. The van der Waals surface area contributed by atoms with Crippen molar-refractivity contribution < 1.29 is 13.2 Å². The lowest BCUT2D eigenvalue weighted by atomic mass is 9.97. The van der Waals surface area contributed by atoms with Crippen molar-refractivity contribution in [2.45, 2.75) is 4.90 Å². The maximum atomic E-state index is 11.8. The molecular formula is C21H16BrN3O3S. The Bertz CT molecular complexity index is 1260. The second kappa shape index (κ2) is 8.09. The number of primary sulfonamides is 1. The third-order valence-corrected chi connectivity index (χ3v) is 5.59. The van der Waals surface area contributed by atoms with Crippen LogP contribution in [0.5, 0.6) is 0 Å². The van der Waals surface area contributed by atoms with Crippen LogP contribution in [0, 0.1) is 11.8 Å². The van der Waals surface area contributed by atoms with Gasteiger partial charge in [0.2, 0.25) is 10.0 Å². The second-order valence-corrected chi connectivity index (χ2v) is 8.65. The van der Waals surface area contributed by atoms with Gasteiger partial charge in [-0.25, -0.2) is 13.6 Å². The Morgan fingerprint density at radius 1 is 0.897 bits per heavy atom. The van der Waals surface area contributed by atoms with Gasteiger partial charge in [0.15, 0.2) is 0 Å². The molecule has 0 aliphatic carbocycles. The molecule has 0 fully saturated rings. The van der Waals surface area contributed by atoms with E-state index in [1.165, 1.54) is 18.2 Å². The van der Waals surface area contributed by atoms with Crippen LogP contribution in [0.1, 0.15) is 21.5 Å². The number of benzene rings is 3. The summed E-state index contributed by atoms with van der Waals surface area (Å²) in [6.45, 7) is 0. The van der Waals surface area contributed by atoms with E-state index in [-0.39, 0.29) is 16.1 Å². The van der Waals surface area contributed by atoms with E-state index < -0.39 is 15.9 Å². The highest BCUT2D eigenvalue weighted by Gasteiger charge is 2.14. The Morgan fingerprint density at radius 2 is 1.48 bits per heavy atom. The van der Waals surface area contributed by atoms with E-state index >= 15 is 0 Å². The maximum absolute atomic E-state index is 11.8. The minimum absolute atomic E-state index is 0.0267. The summed E-state index contributed by atoms with van der Waals surface area (Å²) < 4.78 is 23.9. The number of hydrogen-bond donors (Lipinski definition) is 3. The summed E-state index contributed by atoms with van der Waals surface area (Å²) in [5, 5.41) is 5.13. The van der Waals surface area contributed by atoms with Crippen LogP contribution in [-0.4, -0.2) is 14.3 Å². The lowest BCUT2D eigenvalue weighted by molar-refractivity contribution is 0.100. The van der Waals surface area contributed by atoms with E-state index in [0.29, 0.717) is 16.7 Å². The van der Waals surface area contributed by atoms with Gasteiger partial charge < -0.3 is 11.5 Å². The molecule has 0 aromatic heterocycles. The first-order valence-corrected chi connectivity index (χ1v) is 10.6. The van der Waals surface area contributed by atoms with Gasteiger partial charge in [-0.05, 0) is 54.1 Å². The van der Waals surface area contributed by atoms with Crippen molar-refractivity contribution in [3.63, 3.8) is 0 Å². The summed E-state index contributed by atoms with van der Waals surface area (Å²) in [6.07, 6.45) is 0. The molecule has 146 valence electrons. The first-order valence-electron chi connectivity index (χ1n) is 8.29. The third kappa shape index (κ3) is 4.84. The number of amides is 1. The molecule has 8 heteroatoms. The smallest absolute Gasteiger partial charge is 0.250 e. The molecular weight excluding hydrogens is 454 g/mol. The van der Waals surface area contributed by atoms with E-state index in [0.717, 1.165) is 10.0 Å². The molecule has 3 rings (SSSR count). The molecule has 3 aromatic rings. The van der Waals surface area contributed by atoms with Crippen LogP contribution >= 0.6 is 15.9 Å². The van der Waals surface area contributed by atoms with Gasteiger partial charge in [-0.3, -0.25) is 4.79 Å². The fourth-order valence-electron chi connectivity index (χ4n) is 2.67. The van der Waals surface area contributed by atoms with Crippen molar-refractivity contribution in [2.24, 2.45) is 10.9 Å². The van der Waals surface area contributed by atoms with Crippen molar-refractivity contribution in [1.82, 2.24) is 0 Å². The summed E-state index contributed by atoms with van der Waals surface area (Å²) in [7, 11) is -3.82. The normalized spacial score (nSPS) is 10.8. The van der Waals surface area contributed by atoms with E-state index in [2.05, 4.69) is 27.8 Å². The molecule has 1 amide bonds. The number of nitrogen functional groups attached to an aromatic ring is 1. The predicted molar refractivity (Wildman–Crippen MR) is 116 cm³/mol. The number of nitrogens with two attached hydrogens (primary N) is 3. The molecule has 29 heavy (non-hydrogen) atoms. The number of sulfonamides is 1. The first kappa shape index (κ1) is 20.6. The topological polar surface area (TPSA) is 129 Å². The molecule has 0 heterocycles. The van der Waals surface area contributed by atoms with Crippen LogP contribution in [0.15, 0.2) is 70.0 Å². The van der Waals surface area contributed by atoms with Crippen LogP contribution in [0.4, 0.5) is 5.69 Å². The van der Waals surface area contributed by atoms with Crippen molar-refractivity contribution in [3.8, 4) is 23.0 Å². The predicted octanol–water partition coefficient (Wildman–Crippen LogP) is 2.84. The van der Waals surface area contributed by atoms with Crippen LogP contribution < -0.4 is 16.6 Å². The van der Waals surface area contributed by atoms with E-state index in [1.54, 1.807) is 18.2 Å². The number of anilines is 1. The number of halogens is 1. The standard InChI is InChI=1S/C21H16BrN3O3S/c22-16-7-3-13(4-8-16)1-2-14-11-18(20(23)19(12-14)21(24)26)15-5-9-17(10-6-15)29(25,27)28/h3-12H,23H2,(H2,24,26)(H2,25,27,28). The molecule has 3 aromatic carbocycles. The van der Waals surface area contributed by atoms with Gasteiger partial charge in [-0.1, -0.05) is 39.9 Å². The molecule has 0 saturated carbocycles. The Labute approximate surface area is 176 Å². The molecule has 0 saturated heterocycles. The largest absolute Gasteiger partial charge is 0.398 e. The van der Waals surface area contributed by atoms with Crippen molar-refractivity contribution in [1.29, 1.82) is 0 Å². The monoisotopic (exact) mass is 469 g/mol. The quantitative estimate of drug-likeness (QED) is 0.402. The highest BCUT2D eigenvalue weighted by molar-refractivity contribution is 9.10. The van der Waals surface area contributed by atoms with Crippen LogP contribution in [0.3, 0.4) is 0 Å². The zero-order valence-electron chi connectivity index (χ0n) is 15.0. The summed E-state index contributed by atoms with van der Waals surface area (Å²) >= 11 is 3.37. The van der Waals surface area contributed by atoms with Gasteiger partial charge in [-0.15, -0.1) is 0 Å².